The van der Waals surface area contributed by atoms with E-state index in [0.717, 1.165) is 0 Å². The number of benzene rings is 1. The van der Waals surface area contributed by atoms with Crippen LogP contribution in [0.1, 0.15) is 16.2 Å². The van der Waals surface area contributed by atoms with Crippen molar-refractivity contribution < 1.29 is 9.53 Å². The number of tetrazole rings is 1. The smallest absolute Gasteiger partial charge is 0.255 e. The molecular weight excluding hydrogens is 296 g/mol. The van der Waals surface area contributed by atoms with E-state index >= 15 is 0 Å². The van der Waals surface area contributed by atoms with Gasteiger partial charge in [0, 0.05) is 30.7 Å². The van der Waals surface area contributed by atoms with Gasteiger partial charge in [-0.1, -0.05) is 0 Å². The van der Waals surface area contributed by atoms with Gasteiger partial charge in [0.15, 0.2) is 5.82 Å². The van der Waals surface area contributed by atoms with Crippen molar-refractivity contribution in [2.24, 2.45) is 7.05 Å². The lowest BCUT2D eigenvalue weighted by atomic mass is 10.2. The van der Waals surface area contributed by atoms with Crippen LogP contribution in [-0.2, 0) is 13.7 Å². The molecule has 8 nitrogen and oxygen atoms in total. The molecule has 0 aliphatic rings. The molecule has 3 aromatic rings. The molecule has 0 unspecified atom stereocenters. The monoisotopic (exact) mass is 310 g/mol. The Morgan fingerprint density at radius 2 is 1.91 bits per heavy atom. The molecule has 116 valence electrons. The summed E-state index contributed by atoms with van der Waals surface area (Å²) >= 11 is 0. The van der Waals surface area contributed by atoms with Crippen LogP contribution in [0.15, 0.2) is 48.8 Å². The number of rotatable bonds is 5. The molecular formula is C15H14N6O2. The van der Waals surface area contributed by atoms with E-state index in [9.17, 15) is 4.79 Å². The molecule has 1 N–H and O–H groups in total. The average Bonchev–Trinajstić information content (AvgIpc) is 2.99. The second-order valence-corrected chi connectivity index (χ2v) is 4.72. The number of hydrogen-bond donors (Lipinski definition) is 1. The van der Waals surface area contributed by atoms with Crippen LogP contribution in [0.25, 0.3) is 0 Å². The van der Waals surface area contributed by atoms with Gasteiger partial charge in [-0.2, -0.15) is 0 Å². The zero-order valence-corrected chi connectivity index (χ0v) is 12.4. The van der Waals surface area contributed by atoms with E-state index in [-0.39, 0.29) is 12.5 Å². The lowest BCUT2D eigenvalue weighted by Gasteiger charge is -2.07. The minimum atomic E-state index is -0.194. The van der Waals surface area contributed by atoms with Crippen LogP contribution in [0.2, 0.25) is 0 Å². The first kappa shape index (κ1) is 14.6. The fourth-order valence-electron chi connectivity index (χ4n) is 1.86. The van der Waals surface area contributed by atoms with Gasteiger partial charge in [0.25, 0.3) is 5.91 Å². The van der Waals surface area contributed by atoms with Crippen molar-refractivity contribution in [2.45, 2.75) is 6.61 Å². The van der Waals surface area contributed by atoms with Crippen LogP contribution in [0.3, 0.4) is 0 Å². The Bertz CT molecular complexity index is 785. The largest absolute Gasteiger partial charge is 0.486 e. The molecule has 0 aliphatic heterocycles. The number of amides is 1. The number of ether oxygens (including phenoxy) is 1. The molecule has 0 aliphatic carbocycles. The van der Waals surface area contributed by atoms with Crippen LogP contribution in [0.5, 0.6) is 5.75 Å². The van der Waals surface area contributed by atoms with E-state index in [1.165, 1.54) is 4.68 Å². The molecule has 0 spiro atoms. The molecule has 1 aromatic carbocycles. The second kappa shape index (κ2) is 6.65. The number of carbonyl (C=O) groups is 1. The summed E-state index contributed by atoms with van der Waals surface area (Å²) in [6.45, 7) is 0.256. The van der Waals surface area contributed by atoms with E-state index in [0.29, 0.717) is 22.8 Å². The maximum atomic E-state index is 12.1. The topological polar surface area (TPSA) is 94.8 Å². The first-order valence-electron chi connectivity index (χ1n) is 6.88. The standard InChI is InChI=1S/C15H14N6O2/c1-21-14(18-19-20-21)10-23-13-4-2-11(3-5-13)15(22)17-12-6-8-16-9-7-12/h2-9H,10H2,1H3,(H,16,17,22). The van der Waals surface area contributed by atoms with Crippen molar-refractivity contribution in [2.75, 3.05) is 5.32 Å². The van der Waals surface area contributed by atoms with Gasteiger partial charge in [-0.15, -0.1) is 5.10 Å². The molecule has 0 fully saturated rings. The van der Waals surface area contributed by atoms with Gasteiger partial charge in [0.2, 0.25) is 0 Å². The Morgan fingerprint density at radius 1 is 1.17 bits per heavy atom. The zero-order chi connectivity index (χ0) is 16.1. The third-order valence-electron chi connectivity index (χ3n) is 3.13. The number of anilines is 1. The lowest BCUT2D eigenvalue weighted by molar-refractivity contribution is 0.102. The summed E-state index contributed by atoms with van der Waals surface area (Å²) in [5.74, 6) is 1.05. The number of hydrogen-bond acceptors (Lipinski definition) is 6. The van der Waals surface area contributed by atoms with E-state index in [1.807, 2.05) is 0 Å². The summed E-state index contributed by atoms with van der Waals surface area (Å²) in [7, 11) is 1.74. The molecule has 1 amide bonds. The Hall–Kier alpha value is -3.29. The Kier molecular flexibility index (Phi) is 4.23. The van der Waals surface area contributed by atoms with Crippen LogP contribution in [0, 0.1) is 0 Å². The van der Waals surface area contributed by atoms with Gasteiger partial charge >= 0.3 is 0 Å². The summed E-state index contributed by atoms with van der Waals surface area (Å²) in [6, 6.07) is 10.3. The first-order chi connectivity index (χ1) is 11.2. The van der Waals surface area contributed by atoms with E-state index in [1.54, 1.807) is 55.8 Å². The Morgan fingerprint density at radius 3 is 2.57 bits per heavy atom. The minimum absolute atomic E-state index is 0.194. The predicted molar refractivity (Wildman–Crippen MR) is 81.8 cm³/mol. The molecule has 0 radical (unpaired) electrons. The minimum Gasteiger partial charge on any atom is -0.486 e. The van der Waals surface area contributed by atoms with Gasteiger partial charge in [-0.25, -0.2) is 4.68 Å². The molecule has 0 atom stereocenters. The molecule has 0 saturated carbocycles. The van der Waals surface area contributed by atoms with Gasteiger partial charge in [-0.05, 0) is 46.8 Å². The summed E-state index contributed by atoms with van der Waals surface area (Å²) in [6.07, 6.45) is 3.24. The molecule has 2 heterocycles. The molecule has 0 bridgehead atoms. The summed E-state index contributed by atoms with van der Waals surface area (Å²) < 4.78 is 7.12. The van der Waals surface area contributed by atoms with Crippen molar-refractivity contribution in [3.63, 3.8) is 0 Å². The fraction of sp³-hybridized carbons (Fsp3) is 0.133. The molecule has 0 saturated heterocycles. The average molecular weight is 310 g/mol. The SMILES string of the molecule is Cn1nnnc1COc1ccc(C(=O)Nc2ccncc2)cc1. The molecule has 23 heavy (non-hydrogen) atoms. The van der Waals surface area contributed by atoms with Crippen molar-refractivity contribution in [1.82, 2.24) is 25.2 Å². The van der Waals surface area contributed by atoms with Crippen LogP contribution >= 0.6 is 0 Å². The van der Waals surface area contributed by atoms with Gasteiger partial charge < -0.3 is 10.1 Å². The zero-order valence-electron chi connectivity index (χ0n) is 12.4. The number of aromatic nitrogens is 5. The van der Waals surface area contributed by atoms with Crippen molar-refractivity contribution in [1.29, 1.82) is 0 Å². The van der Waals surface area contributed by atoms with Crippen molar-refractivity contribution in [3.05, 3.63) is 60.2 Å². The number of carbonyl (C=O) groups excluding carboxylic acids is 1. The third kappa shape index (κ3) is 3.67. The van der Waals surface area contributed by atoms with Crippen molar-refractivity contribution in [3.8, 4) is 5.75 Å². The van der Waals surface area contributed by atoms with Gasteiger partial charge in [0.05, 0.1) is 0 Å². The Labute approximate surface area is 132 Å². The molecule has 3 rings (SSSR count). The maximum Gasteiger partial charge on any atom is 0.255 e. The van der Waals surface area contributed by atoms with Crippen LogP contribution < -0.4 is 10.1 Å². The van der Waals surface area contributed by atoms with Gasteiger partial charge in [-0.3, -0.25) is 9.78 Å². The summed E-state index contributed by atoms with van der Waals surface area (Å²) in [5.41, 5.74) is 1.23. The quantitative estimate of drug-likeness (QED) is 0.766. The van der Waals surface area contributed by atoms with Crippen LogP contribution in [0.4, 0.5) is 5.69 Å². The summed E-state index contributed by atoms with van der Waals surface area (Å²) in [4.78, 5) is 16.0. The van der Waals surface area contributed by atoms with Crippen molar-refractivity contribution >= 4 is 11.6 Å². The van der Waals surface area contributed by atoms with Gasteiger partial charge in [0.1, 0.15) is 12.4 Å². The number of nitrogens with zero attached hydrogens (tertiary/aromatic N) is 5. The predicted octanol–water partition coefficient (Wildman–Crippen LogP) is 1.44. The molecule has 8 heteroatoms. The van der Waals surface area contributed by atoms with E-state index in [2.05, 4.69) is 25.8 Å². The lowest BCUT2D eigenvalue weighted by Crippen LogP contribution is -2.11. The second-order valence-electron chi connectivity index (χ2n) is 4.72. The number of aryl methyl sites for hydroxylation is 1. The van der Waals surface area contributed by atoms with Crippen LogP contribution in [-0.4, -0.2) is 31.1 Å². The highest BCUT2D eigenvalue weighted by molar-refractivity contribution is 6.04. The van der Waals surface area contributed by atoms with E-state index < -0.39 is 0 Å². The highest BCUT2D eigenvalue weighted by Crippen LogP contribution is 2.15. The highest BCUT2D eigenvalue weighted by Gasteiger charge is 2.07. The highest BCUT2D eigenvalue weighted by atomic mass is 16.5. The number of pyridine rings is 1. The normalized spacial score (nSPS) is 10.3. The third-order valence-corrected chi connectivity index (χ3v) is 3.13. The molecule has 2 aromatic heterocycles. The van der Waals surface area contributed by atoms with E-state index in [4.69, 9.17) is 4.74 Å². The summed E-state index contributed by atoms with van der Waals surface area (Å²) in [5, 5.41) is 13.9. The fourth-order valence-corrected chi connectivity index (χ4v) is 1.86. The Balaban J connectivity index is 1.60. The number of nitrogens with one attached hydrogen (secondary N) is 1. The maximum absolute atomic E-state index is 12.1. The first-order valence-corrected chi connectivity index (χ1v) is 6.88.